The van der Waals surface area contributed by atoms with Gasteiger partial charge in [0.05, 0.1) is 13.0 Å². The molecule has 0 bridgehead atoms. The summed E-state index contributed by atoms with van der Waals surface area (Å²) < 4.78 is 4.88. The van der Waals surface area contributed by atoms with Crippen molar-refractivity contribution in [1.29, 1.82) is 0 Å². The van der Waals surface area contributed by atoms with Gasteiger partial charge in [0.2, 0.25) is 5.13 Å². The first-order valence-electron chi connectivity index (χ1n) is 6.32. The zero-order chi connectivity index (χ0) is 13.0. The number of hydrogen-bond donors (Lipinski definition) is 1. The Kier molecular flexibility index (Phi) is 4.52. The molecule has 18 heavy (non-hydrogen) atoms. The van der Waals surface area contributed by atoms with E-state index < -0.39 is 0 Å². The molecule has 2 unspecified atom stereocenters. The molecule has 2 rings (SSSR count). The predicted octanol–water partition coefficient (Wildman–Crippen LogP) is 2.24. The molecule has 1 aliphatic carbocycles. The Hall–Kier alpha value is -1.17. The molecule has 100 valence electrons. The summed E-state index contributed by atoms with van der Waals surface area (Å²) in [6.07, 6.45) is 4.32. The second kappa shape index (κ2) is 6.13. The van der Waals surface area contributed by atoms with Gasteiger partial charge in [-0.2, -0.15) is 0 Å². The number of carbonyl (C=O) groups excluding carboxylic acids is 1. The van der Waals surface area contributed by atoms with Crippen molar-refractivity contribution in [3.05, 3.63) is 5.01 Å². The Balaban J connectivity index is 1.91. The topological polar surface area (TPSA) is 64.1 Å². The maximum absolute atomic E-state index is 11.7. The second-order valence-corrected chi connectivity index (χ2v) is 5.86. The number of aromatic nitrogens is 2. The molecule has 1 aromatic rings. The summed E-state index contributed by atoms with van der Waals surface area (Å²) in [6, 6.07) is 0. The van der Waals surface area contributed by atoms with Gasteiger partial charge in [0.15, 0.2) is 0 Å². The number of hydrogen-bond acceptors (Lipinski definition) is 6. The number of aryl methyl sites for hydroxylation is 1. The fourth-order valence-electron chi connectivity index (χ4n) is 2.50. The van der Waals surface area contributed by atoms with Crippen molar-refractivity contribution in [2.75, 3.05) is 19.0 Å². The predicted molar refractivity (Wildman–Crippen MR) is 70.6 cm³/mol. The van der Waals surface area contributed by atoms with Gasteiger partial charge in [-0.05, 0) is 25.7 Å². The van der Waals surface area contributed by atoms with Gasteiger partial charge in [-0.1, -0.05) is 24.2 Å². The van der Waals surface area contributed by atoms with Crippen LogP contribution in [0.25, 0.3) is 0 Å². The Labute approximate surface area is 111 Å². The van der Waals surface area contributed by atoms with Crippen molar-refractivity contribution in [2.24, 2.45) is 11.8 Å². The smallest absolute Gasteiger partial charge is 0.309 e. The monoisotopic (exact) mass is 269 g/mol. The first-order chi connectivity index (χ1) is 8.70. The van der Waals surface area contributed by atoms with Crippen LogP contribution in [0.15, 0.2) is 0 Å². The van der Waals surface area contributed by atoms with Crippen molar-refractivity contribution in [3.8, 4) is 0 Å². The minimum atomic E-state index is -0.0741. The van der Waals surface area contributed by atoms with E-state index in [1.165, 1.54) is 13.5 Å². The third-order valence-corrected chi connectivity index (χ3v) is 4.25. The number of nitrogens with one attached hydrogen (secondary N) is 1. The fourth-order valence-corrected chi connectivity index (χ4v) is 3.10. The number of rotatable bonds is 4. The molecule has 2 atom stereocenters. The number of esters is 1. The third kappa shape index (κ3) is 3.19. The Morgan fingerprint density at radius 2 is 2.22 bits per heavy atom. The lowest BCUT2D eigenvalue weighted by Gasteiger charge is -2.29. The van der Waals surface area contributed by atoms with Crippen LogP contribution in [0.4, 0.5) is 5.13 Å². The first-order valence-corrected chi connectivity index (χ1v) is 7.14. The Morgan fingerprint density at radius 3 is 2.89 bits per heavy atom. The molecule has 0 spiro atoms. The third-order valence-electron chi connectivity index (χ3n) is 3.45. The first kappa shape index (κ1) is 13.3. The highest BCUT2D eigenvalue weighted by atomic mass is 32.1. The highest BCUT2D eigenvalue weighted by Gasteiger charge is 2.31. The van der Waals surface area contributed by atoms with E-state index in [0.29, 0.717) is 5.92 Å². The Bertz CT molecular complexity index is 408. The van der Waals surface area contributed by atoms with Crippen LogP contribution >= 0.6 is 11.3 Å². The van der Waals surface area contributed by atoms with E-state index in [1.54, 1.807) is 11.3 Å². The molecule has 0 aromatic carbocycles. The molecular weight excluding hydrogens is 250 g/mol. The number of anilines is 1. The average molecular weight is 269 g/mol. The highest BCUT2D eigenvalue weighted by molar-refractivity contribution is 7.15. The van der Waals surface area contributed by atoms with E-state index in [1.807, 2.05) is 6.92 Å². The lowest BCUT2D eigenvalue weighted by molar-refractivity contribution is -0.148. The van der Waals surface area contributed by atoms with Crippen molar-refractivity contribution in [2.45, 2.75) is 32.6 Å². The Morgan fingerprint density at radius 1 is 1.44 bits per heavy atom. The van der Waals surface area contributed by atoms with E-state index in [-0.39, 0.29) is 11.9 Å². The minimum Gasteiger partial charge on any atom is -0.469 e. The molecule has 0 saturated heterocycles. The van der Waals surface area contributed by atoms with Crippen LogP contribution in [0.3, 0.4) is 0 Å². The van der Waals surface area contributed by atoms with Crippen LogP contribution in [0.5, 0.6) is 0 Å². The zero-order valence-corrected chi connectivity index (χ0v) is 11.6. The van der Waals surface area contributed by atoms with Gasteiger partial charge in [0.1, 0.15) is 5.01 Å². The summed E-state index contributed by atoms with van der Waals surface area (Å²) >= 11 is 1.54. The molecule has 0 aliphatic heterocycles. The van der Waals surface area contributed by atoms with Crippen LogP contribution in [0, 0.1) is 18.8 Å². The standard InChI is InChI=1S/C12H19N3O2S/c1-8-14-15-12(18-8)13-7-9-5-3-4-6-10(9)11(16)17-2/h9-10H,3-7H2,1-2H3,(H,13,15). The van der Waals surface area contributed by atoms with E-state index in [9.17, 15) is 4.79 Å². The van der Waals surface area contributed by atoms with Gasteiger partial charge in [-0.3, -0.25) is 4.79 Å². The summed E-state index contributed by atoms with van der Waals surface area (Å²) in [5.74, 6) is 0.301. The lowest BCUT2D eigenvalue weighted by atomic mass is 9.79. The quantitative estimate of drug-likeness (QED) is 0.849. The molecule has 5 nitrogen and oxygen atoms in total. The lowest BCUT2D eigenvalue weighted by Crippen LogP contribution is -2.32. The molecule has 6 heteroatoms. The van der Waals surface area contributed by atoms with Gasteiger partial charge < -0.3 is 10.1 Å². The SMILES string of the molecule is COC(=O)C1CCCCC1CNc1nnc(C)s1. The van der Waals surface area contributed by atoms with Crippen molar-refractivity contribution in [3.63, 3.8) is 0 Å². The molecule has 0 radical (unpaired) electrons. The number of nitrogens with zero attached hydrogens (tertiary/aromatic N) is 2. The number of carbonyl (C=O) groups is 1. The fraction of sp³-hybridized carbons (Fsp3) is 0.750. The molecule has 1 aliphatic rings. The normalized spacial score (nSPS) is 23.7. The molecule has 0 amide bonds. The van der Waals surface area contributed by atoms with Crippen molar-refractivity contribution < 1.29 is 9.53 Å². The van der Waals surface area contributed by atoms with Gasteiger partial charge >= 0.3 is 5.97 Å². The number of methoxy groups -OCH3 is 1. The van der Waals surface area contributed by atoms with Crippen LogP contribution < -0.4 is 5.32 Å². The maximum atomic E-state index is 11.7. The molecule has 1 N–H and O–H groups in total. The summed E-state index contributed by atoms with van der Waals surface area (Å²) in [5, 5.41) is 13.1. The van der Waals surface area contributed by atoms with Gasteiger partial charge in [0.25, 0.3) is 0 Å². The number of ether oxygens (including phenoxy) is 1. The summed E-state index contributed by atoms with van der Waals surface area (Å²) in [4.78, 5) is 11.7. The second-order valence-electron chi connectivity index (χ2n) is 4.68. The van der Waals surface area contributed by atoms with Gasteiger partial charge in [-0.15, -0.1) is 10.2 Å². The van der Waals surface area contributed by atoms with Crippen LogP contribution in [0.2, 0.25) is 0 Å². The highest BCUT2D eigenvalue weighted by Crippen LogP contribution is 2.31. The molecule has 1 heterocycles. The molecule has 1 saturated carbocycles. The van der Waals surface area contributed by atoms with Gasteiger partial charge in [0, 0.05) is 6.54 Å². The van der Waals surface area contributed by atoms with Crippen molar-refractivity contribution >= 4 is 22.4 Å². The molecule has 1 fully saturated rings. The van der Waals surface area contributed by atoms with Crippen LogP contribution in [0.1, 0.15) is 30.7 Å². The largest absolute Gasteiger partial charge is 0.469 e. The van der Waals surface area contributed by atoms with Crippen LogP contribution in [-0.2, 0) is 9.53 Å². The van der Waals surface area contributed by atoms with Crippen molar-refractivity contribution in [1.82, 2.24) is 10.2 Å². The van der Waals surface area contributed by atoms with E-state index >= 15 is 0 Å². The average Bonchev–Trinajstić information content (AvgIpc) is 2.81. The summed E-state index contributed by atoms with van der Waals surface area (Å²) in [7, 11) is 1.47. The van der Waals surface area contributed by atoms with Gasteiger partial charge in [-0.25, -0.2) is 0 Å². The molecule has 1 aromatic heterocycles. The van der Waals surface area contributed by atoms with Crippen LogP contribution in [-0.4, -0.2) is 29.8 Å². The van der Waals surface area contributed by atoms with E-state index in [2.05, 4.69) is 15.5 Å². The summed E-state index contributed by atoms with van der Waals surface area (Å²) in [5.41, 5.74) is 0. The maximum Gasteiger partial charge on any atom is 0.309 e. The summed E-state index contributed by atoms with van der Waals surface area (Å²) in [6.45, 7) is 2.70. The minimum absolute atomic E-state index is 0.0327. The zero-order valence-electron chi connectivity index (χ0n) is 10.8. The molecular formula is C12H19N3O2S. The van der Waals surface area contributed by atoms with E-state index in [0.717, 1.165) is 35.9 Å². The van der Waals surface area contributed by atoms with E-state index in [4.69, 9.17) is 4.74 Å².